The van der Waals surface area contributed by atoms with E-state index in [1.807, 2.05) is 13.0 Å². The second-order valence-corrected chi connectivity index (χ2v) is 6.11. The van der Waals surface area contributed by atoms with Crippen LogP contribution in [-0.2, 0) is 11.3 Å². The summed E-state index contributed by atoms with van der Waals surface area (Å²) in [7, 11) is 1.56. The molecule has 2 N–H and O–H groups in total. The van der Waals surface area contributed by atoms with Gasteiger partial charge < -0.3 is 14.7 Å². The van der Waals surface area contributed by atoms with Crippen molar-refractivity contribution in [1.82, 2.24) is 29.7 Å². The Bertz CT molecular complexity index is 1200. The maximum atomic E-state index is 12.0. The highest BCUT2D eigenvalue weighted by atomic mass is 35.5. The number of hydrogen-bond acceptors (Lipinski definition) is 6. The summed E-state index contributed by atoms with van der Waals surface area (Å²) in [6, 6.07) is 3.66. The van der Waals surface area contributed by atoms with Gasteiger partial charge in [-0.1, -0.05) is 6.92 Å². The molecule has 0 saturated heterocycles. The van der Waals surface area contributed by atoms with Gasteiger partial charge in [0.2, 0.25) is 0 Å². The van der Waals surface area contributed by atoms with E-state index in [4.69, 9.17) is 16.3 Å². The first-order valence-corrected chi connectivity index (χ1v) is 9.10. The number of pyridine rings is 1. The number of alkyl halides is 1. The van der Waals surface area contributed by atoms with Crippen molar-refractivity contribution in [3.8, 4) is 11.4 Å². The topological polar surface area (TPSA) is 119 Å². The summed E-state index contributed by atoms with van der Waals surface area (Å²) >= 11 is 5.84. The van der Waals surface area contributed by atoms with E-state index in [9.17, 15) is 9.59 Å². The molecular formula is C18H19ClN6O3. The first-order valence-electron chi connectivity index (χ1n) is 8.56. The Labute approximate surface area is 164 Å². The number of halogens is 1. The van der Waals surface area contributed by atoms with E-state index in [1.54, 1.807) is 36.2 Å². The number of H-pyrrole nitrogens is 2. The number of nitrogens with zero attached hydrogens (tertiary/aromatic N) is 4. The summed E-state index contributed by atoms with van der Waals surface area (Å²) in [5, 5.41) is 9.38. The van der Waals surface area contributed by atoms with Gasteiger partial charge in [0.05, 0.1) is 16.4 Å². The maximum absolute atomic E-state index is 12.0. The van der Waals surface area contributed by atoms with Crippen molar-refractivity contribution in [3.63, 3.8) is 0 Å². The quantitative estimate of drug-likeness (QED) is 0.441. The fourth-order valence-corrected chi connectivity index (χ4v) is 3.04. The summed E-state index contributed by atoms with van der Waals surface area (Å²) in [5.74, 6) is 1.25. The molecule has 0 saturated carbocycles. The van der Waals surface area contributed by atoms with Crippen molar-refractivity contribution in [2.75, 3.05) is 13.0 Å². The predicted molar refractivity (Wildman–Crippen MR) is 105 cm³/mol. The standard InChI is InChI=1S/C18H19ClN6O3/c1-3-13(15-12(6-7-19)21-17(26)18(27)22-15)25-14(10-28-2)23-24-16(25)11-5-4-8-20-9-11/h4-6,8-9H,3,7,10H2,1-2H3,(H,21,26)(H,22,27)/b12-6+,15-13-. The highest BCUT2D eigenvalue weighted by molar-refractivity contribution is 6.20. The lowest BCUT2D eigenvalue weighted by Gasteiger charge is -2.13. The van der Waals surface area contributed by atoms with E-state index in [0.29, 0.717) is 34.5 Å². The number of aromatic amines is 2. The highest BCUT2D eigenvalue weighted by Gasteiger charge is 2.18. The minimum atomic E-state index is -0.753. The number of ether oxygens (including phenoxy) is 1. The molecule has 0 aliphatic carbocycles. The molecule has 28 heavy (non-hydrogen) atoms. The molecule has 0 aromatic carbocycles. The van der Waals surface area contributed by atoms with Crippen LogP contribution in [0.15, 0.2) is 34.1 Å². The summed E-state index contributed by atoms with van der Waals surface area (Å²) in [4.78, 5) is 33.2. The molecule has 0 unspecified atom stereocenters. The molecule has 0 amide bonds. The van der Waals surface area contributed by atoms with Crippen LogP contribution in [0.2, 0.25) is 0 Å². The van der Waals surface area contributed by atoms with E-state index >= 15 is 0 Å². The molecule has 0 bridgehead atoms. The van der Waals surface area contributed by atoms with Crippen LogP contribution in [0.4, 0.5) is 0 Å². The third kappa shape index (κ3) is 3.80. The fourth-order valence-electron chi connectivity index (χ4n) is 2.89. The normalized spacial score (nSPS) is 13.0. The molecule has 3 aromatic heterocycles. The summed E-state index contributed by atoms with van der Waals surface area (Å²) in [6.07, 6.45) is 5.46. The molecule has 9 nitrogen and oxygen atoms in total. The van der Waals surface area contributed by atoms with Crippen LogP contribution in [0, 0.1) is 0 Å². The van der Waals surface area contributed by atoms with Gasteiger partial charge in [0.25, 0.3) is 0 Å². The van der Waals surface area contributed by atoms with Crippen LogP contribution >= 0.6 is 11.6 Å². The second-order valence-electron chi connectivity index (χ2n) is 5.81. The maximum Gasteiger partial charge on any atom is 0.314 e. The number of rotatable bonds is 6. The molecule has 0 spiro atoms. The van der Waals surface area contributed by atoms with Crippen LogP contribution in [0.5, 0.6) is 0 Å². The van der Waals surface area contributed by atoms with Gasteiger partial charge in [-0.2, -0.15) is 0 Å². The third-order valence-electron chi connectivity index (χ3n) is 4.06. The van der Waals surface area contributed by atoms with Crippen molar-refractivity contribution in [3.05, 3.63) is 61.8 Å². The van der Waals surface area contributed by atoms with Gasteiger partial charge >= 0.3 is 11.1 Å². The van der Waals surface area contributed by atoms with E-state index in [0.717, 1.165) is 5.56 Å². The van der Waals surface area contributed by atoms with Crippen molar-refractivity contribution in [2.45, 2.75) is 20.0 Å². The van der Waals surface area contributed by atoms with Gasteiger partial charge in [0, 0.05) is 30.9 Å². The summed E-state index contributed by atoms with van der Waals surface area (Å²) in [5.41, 5.74) is -0.0699. The molecule has 0 atom stereocenters. The summed E-state index contributed by atoms with van der Waals surface area (Å²) in [6.45, 7) is 2.13. The average molecular weight is 403 g/mol. The van der Waals surface area contributed by atoms with Crippen molar-refractivity contribution < 1.29 is 4.74 Å². The molecule has 3 aromatic rings. The van der Waals surface area contributed by atoms with Gasteiger partial charge in [-0.05, 0) is 24.6 Å². The minimum absolute atomic E-state index is 0.161. The molecule has 0 fully saturated rings. The highest BCUT2D eigenvalue weighted by Crippen LogP contribution is 2.22. The first-order chi connectivity index (χ1) is 13.6. The largest absolute Gasteiger partial charge is 0.377 e. The number of nitrogens with one attached hydrogen (secondary N) is 2. The zero-order valence-electron chi connectivity index (χ0n) is 15.4. The Kier molecular flexibility index (Phi) is 6.17. The molecule has 3 rings (SSSR count). The van der Waals surface area contributed by atoms with Gasteiger partial charge in [0.15, 0.2) is 11.6 Å². The molecule has 0 aliphatic heterocycles. The Balaban J connectivity index is 2.45. The molecule has 146 valence electrons. The fraction of sp³-hybridized carbons (Fsp3) is 0.278. The number of methoxy groups -OCH3 is 1. The van der Waals surface area contributed by atoms with E-state index in [-0.39, 0.29) is 12.5 Å². The van der Waals surface area contributed by atoms with Crippen LogP contribution in [0.3, 0.4) is 0 Å². The third-order valence-corrected chi connectivity index (χ3v) is 4.21. The molecular weight excluding hydrogens is 384 g/mol. The smallest absolute Gasteiger partial charge is 0.314 e. The van der Waals surface area contributed by atoms with Crippen molar-refractivity contribution in [1.29, 1.82) is 0 Å². The van der Waals surface area contributed by atoms with Crippen LogP contribution in [-0.4, -0.2) is 42.7 Å². The Hall–Kier alpha value is -3.04. The lowest BCUT2D eigenvalue weighted by molar-refractivity contribution is 0.176. The number of aromatic nitrogens is 6. The monoisotopic (exact) mass is 402 g/mol. The Morgan fingerprint density at radius 2 is 2.07 bits per heavy atom. The van der Waals surface area contributed by atoms with E-state index in [2.05, 4.69) is 25.1 Å². The zero-order valence-corrected chi connectivity index (χ0v) is 16.2. The molecule has 10 heteroatoms. The minimum Gasteiger partial charge on any atom is -0.377 e. The van der Waals surface area contributed by atoms with Crippen LogP contribution in [0.1, 0.15) is 19.2 Å². The first kappa shape index (κ1) is 19.7. The van der Waals surface area contributed by atoms with Gasteiger partial charge in [-0.15, -0.1) is 21.8 Å². The molecule has 0 aliphatic rings. The Morgan fingerprint density at radius 3 is 2.71 bits per heavy atom. The van der Waals surface area contributed by atoms with Crippen LogP contribution < -0.4 is 21.8 Å². The summed E-state index contributed by atoms with van der Waals surface area (Å²) < 4.78 is 7.06. The van der Waals surface area contributed by atoms with Crippen molar-refractivity contribution >= 4 is 23.4 Å². The zero-order chi connectivity index (χ0) is 20.1. The predicted octanol–water partition coefficient (Wildman–Crippen LogP) is -0.0511. The van der Waals surface area contributed by atoms with Crippen LogP contribution in [0.25, 0.3) is 23.2 Å². The second kappa shape index (κ2) is 8.77. The SMILES string of the molecule is CC/C(=c1/[nH]c(=O)c(=O)[nH]/c1=C/CCl)n1c(COC)nnc1-c1cccnc1. The molecule has 0 radical (unpaired) electrons. The van der Waals surface area contributed by atoms with E-state index < -0.39 is 11.1 Å². The lowest BCUT2D eigenvalue weighted by atomic mass is 10.2. The van der Waals surface area contributed by atoms with Gasteiger partial charge in [-0.25, -0.2) is 0 Å². The number of hydrogen-bond donors (Lipinski definition) is 2. The van der Waals surface area contributed by atoms with E-state index in [1.165, 1.54) is 0 Å². The average Bonchev–Trinajstić information content (AvgIpc) is 3.11. The molecule has 3 heterocycles. The van der Waals surface area contributed by atoms with Gasteiger partial charge in [0.1, 0.15) is 6.61 Å². The van der Waals surface area contributed by atoms with Crippen molar-refractivity contribution in [2.24, 2.45) is 0 Å². The lowest BCUT2D eigenvalue weighted by Crippen LogP contribution is -2.48. The van der Waals surface area contributed by atoms with Gasteiger partial charge in [-0.3, -0.25) is 19.1 Å². The Morgan fingerprint density at radius 1 is 1.29 bits per heavy atom.